The molecule has 18 heavy (non-hydrogen) atoms. The summed E-state index contributed by atoms with van der Waals surface area (Å²) in [5, 5.41) is 2.01. The molecule has 2 heterocycles. The summed E-state index contributed by atoms with van der Waals surface area (Å²) in [6, 6.07) is 6.38. The highest BCUT2D eigenvalue weighted by atomic mass is 35.5. The van der Waals surface area contributed by atoms with Crippen molar-refractivity contribution in [2.45, 2.75) is 25.9 Å². The first kappa shape index (κ1) is 12.0. The number of nitrogens with zero attached hydrogens (tertiary/aromatic N) is 1. The van der Waals surface area contributed by atoms with Crippen LogP contribution in [0.4, 0.5) is 0 Å². The molecule has 1 aromatic heterocycles. The molecule has 1 saturated heterocycles. The maximum atomic E-state index is 6.22. The van der Waals surface area contributed by atoms with E-state index in [9.17, 15) is 0 Å². The molecule has 3 rings (SSSR count). The lowest BCUT2D eigenvalue weighted by Crippen LogP contribution is -2.26. The fraction of sp³-hybridized carbons (Fsp3) is 0.429. The fourth-order valence-electron chi connectivity index (χ4n) is 2.76. The van der Waals surface area contributed by atoms with E-state index < -0.39 is 0 Å². The molecule has 0 amide bonds. The molecule has 0 saturated carbocycles. The number of aryl methyl sites for hydroxylation is 1. The highest BCUT2D eigenvalue weighted by molar-refractivity contribution is 6.35. The van der Waals surface area contributed by atoms with Gasteiger partial charge >= 0.3 is 0 Å². The molecular formula is C14H18ClN3. The van der Waals surface area contributed by atoms with E-state index in [-0.39, 0.29) is 0 Å². The van der Waals surface area contributed by atoms with Crippen molar-refractivity contribution < 1.29 is 0 Å². The van der Waals surface area contributed by atoms with E-state index in [0.29, 0.717) is 6.04 Å². The van der Waals surface area contributed by atoms with E-state index in [1.807, 2.05) is 12.1 Å². The Balaban J connectivity index is 1.93. The highest BCUT2D eigenvalue weighted by Crippen LogP contribution is 2.28. The maximum absolute atomic E-state index is 6.22. The van der Waals surface area contributed by atoms with Crippen molar-refractivity contribution in [3.63, 3.8) is 0 Å². The second kappa shape index (κ2) is 4.57. The molecule has 1 atom stereocenters. The van der Waals surface area contributed by atoms with Crippen LogP contribution in [0.15, 0.2) is 18.2 Å². The highest BCUT2D eigenvalue weighted by Gasteiger charge is 2.20. The van der Waals surface area contributed by atoms with E-state index in [0.717, 1.165) is 36.6 Å². The Morgan fingerprint density at radius 1 is 1.50 bits per heavy atom. The van der Waals surface area contributed by atoms with Gasteiger partial charge in [-0.15, -0.1) is 0 Å². The van der Waals surface area contributed by atoms with Gasteiger partial charge in [0.2, 0.25) is 0 Å². The number of halogens is 1. The fourth-order valence-corrected chi connectivity index (χ4v) is 2.98. The van der Waals surface area contributed by atoms with Gasteiger partial charge in [0.05, 0.1) is 10.5 Å². The predicted molar refractivity (Wildman–Crippen MR) is 75.9 cm³/mol. The quantitative estimate of drug-likeness (QED) is 0.875. The standard InChI is InChI=1S/C14H18ClN3/c1-9-11-3-2-4-12(15)14(11)17-13(9)8-18-6-5-10(16)7-18/h2-4,10,17H,5-8,16H2,1H3. The largest absolute Gasteiger partial charge is 0.356 e. The molecule has 1 aromatic carbocycles. The summed E-state index contributed by atoms with van der Waals surface area (Å²) in [6.07, 6.45) is 1.10. The number of hydrogen-bond acceptors (Lipinski definition) is 2. The number of rotatable bonds is 2. The van der Waals surface area contributed by atoms with Crippen LogP contribution in [-0.4, -0.2) is 29.0 Å². The Labute approximate surface area is 112 Å². The zero-order valence-corrected chi connectivity index (χ0v) is 11.3. The zero-order chi connectivity index (χ0) is 12.7. The van der Waals surface area contributed by atoms with Crippen molar-refractivity contribution >= 4 is 22.5 Å². The number of benzene rings is 1. The normalized spacial score (nSPS) is 20.9. The molecule has 1 aliphatic rings. The van der Waals surface area contributed by atoms with Crippen LogP contribution in [0.5, 0.6) is 0 Å². The third-order valence-corrected chi connectivity index (χ3v) is 4.15. The number of aromatic amines is 1. The van der Waals surface area contributed by atoms with Crippen molar-refractivity contribution in [2.75, 3.05) is 13.1 Å². The SMILES string of the molecule is Cc1c(CN2CCC(N)C2)[nH]c2c(Cl)cccc12. The van der Waals surface area contributed by atoms with Crippen LogP contribution < -0.4 is 5.73 Å². The Morgan fingerprint density at radius 3 is 3.00 bits per heavy atom. The van der Waals surface area contributed by atoms with E-state index in [2.05, 4.69) is 22.9 Å². The van der Waals surface area contributed by atoms with Gasteiger partial charge in [0.15, 0.2) is 0 Å². The lowest BCUT2D eigenvalue weighted by molar-refractivity contribution is 0.323. The summed E-state index contributed by atoms with van der Waals surface area (Å²) in [4.78, 5) is 5.86. The van der Waals surface area contributed by atoms with Crippen molar-refractivity contribution in [1.29, 1.82) is 0 Å². The molecule has 0 spiro atoms. The molecule has 1 fully saturated rings. The lowest BCUT2D eigenvalue weighted by Gasteiger charge is -2.14. The smallest absolute Gasteiger partial charge is 0.0648 e. The monoisotopic (exact) mass is 263 g/mol. The van der Waals surface area contributed by atoms with Crippen LogP contribution in [0.25, 0.3) is 10.9 Å². The lowest BCUT2D eigenvalue weighted by atomic mass is 10.1. The molecule has 3 N–H and O–H groups in total. The average molecular weight is 264 g/mol. The van der Waals surface area contributed by atoms with E-state index >= 15 is 0 Å². The molecule has 0 bridgehead atoms. The number of aromatic nitrogens is 1. The number of fused-ring (bicyclic) bond motifs is 1. The van der Waals surface area contributed by atoms with Crippen molar-refractivity contribution in [3.05, 3.63) is 34.5 Å². The van der Waals surface area contributed by atoms with Crippen molar-refractivity contribution in [1.82, 2.24) is 9.88 Å². The summed E-state index contributed by atoms with van der Waals surface area (Å²) in [5.41, 5.74) is 9.55. The van der Waals surface area contributed by atoms with Crippen molar-refractivity contribution in [2.24, 2.45) is 5.73 Å². The first-order valence-electron chi connectivity index (χ1n) is 6.39. The minimum Gasteiger partial charge on any atom is -0.356 e. The number of H-pyrrole nitrogens is 1. The molecule has 3 nitrogen and oxygen atoms in total. The summed E-state index contributed by atoms with van der Waals surface area (Å²) in [7, 11) is 0. The molecule has 2 aromatic rings. The van der Waals surface area contributed by atoms with Gasteiger partial charge in [-0.05, 0) is 25.0 Å². The second-order valence-corrected chi connectivity index (χ2v) is 5.58. The first-order chi connectivity index (χ1) is 8.65. The van der Waals surface area contributed by atoms with Gasteiger partial charge in [0.1, 0.15) is 0 Å². The Kier molecular flexibility index (Phi) is 3.06. The van der Waals surface area contributed by atoms with Gasteiger partial charge in [0, 0.05) is 36.8 Å². The average Bonchev–Trinajstić information content (AvgIpc) is 2.88. The summed E-state index contributed by atoms with van der Waals surface area (Å²) >= 11 is 6.22. The summed E-state index contributed by atoms with van der Waals surface area (Å²) in [5.74, 6) is 0. The minimum absolute atomic E-state index is 0.332. The molecule has 96 valence electrons. The third kappa shape index (κ3) is 2.03. The van der Waals surface area contributed by atoms with Gasteiger partial charge in [0.25, 0.3) is 0 Å². The molecule has 4 heteroatoms. The van der Waals surface area contributed by atoms with Crippen LogP contribution in [-0.2, 0) is 6.54 Å². The molecule has 0 aliphatic carbocycles. The number of hydrogen-bond donors (Lipinski definition) is 2. The van der Waals surface area contributed by atoms with Gasteiger partial charge < -0.3 is 10.7 Å². The number of likely N-dealkylation sites (tertiary alicyclic amines) is 1. The van der Waals surface area contributed by atoms with Gasteiger partial charge in [-0.2, -0.15) is 0 Å². The van der Waals surface area contributed by atoms with Gasteiger partial charge in [-0.3, -0.25) is 4.90 Å². The Hall–Kier alpha value is -1.03. The first-order valence-corrected chi connectivity index (χ1v) is 6.76. The van der Waals surface area contributed by atoms with E-state index in [1.54, 1.807) is 0 Å². The molecule has 1 unspecified atom stereocenters. The van der Waals surface area contributed by atoms with Gasteiger partial charge in [-0.1, -0.05) is 23.7 Å². The topological polar surface area (TPSA) is 45.0 Å². The van der Waals surface area contributed by atoms with Crippen LogP contribution in [0.2, 0.25) is 5.02 Å². The van der Waals surface area contributed by atoms with Crippen molar-refractivity contribution in [3.8, 4) is 0 Å². The second-order valence-electron chi connectivity index (χ2n) is 5.17. The van der Waals surface area contributed by atoms with Crippen LogP contribution in [0.3, 0.4) is 0 Å². The maximum Gasteiger partial charge on any atom is 0.0648 e. The van der Waals surface area contributed by atoms with E-state index in [4.69, 9.17) is 17.3 Å². The minimum atomic E-state index is 0.332. The van der Waals surface area contributed by atoms with Crippen LogP contribution in [0.1, 0.15) is 17.7 Å². The Morgan fingerprint density at radius 2 is 2.33 bits per heavy atom. The number of nitrogens with two attached hydrogens (primary N) is 1. The van der Waals surface area contributed by atoms with Crippen LogP contribution >= 0.6 is 11.6 Å². The molecule has 1 aliphatic heterocycles. The van der Waals surface area contributed by atoms with Crippen LogP contribution in [0, 0.1) is 6.92 Å². The third-order valence-electron chi connectivity index (χ3n) is 3.84. The Bertz CT molecular complexity index is 576. The molecule has 0 radical (unpaired) electrons. The summed E-state index contributed by atoms with van der Waals surface area (Å²) in [6.45, 7) is 5.16. The van der Waals surface area contributed by atoms with E-state index in [1.165, 1.54) is 16.6 Å². The molecular weight excluding hydrogens is 246 g/mol. The van der Waals surface area contributed by atoms with Gasteiger partial charge in [-0.25, -0.2) is 0 Å². The zero-order valence-electron chi connectivity index (χ0n) is 10.5. The number of nitrogens with one attached hydrogen (secondary N) is 1. The predicted octanol–water partition coefficient (Wildman–Crippen LogP) is 2.66. The summed E-state index contributed by atoms with van der Waals surface area (Å²) < 4.78 is 0. The number of para-hydroxylation sites is 1.